The van der Waals surface area contributed by atoms with Gasteiger partial charge in [0.2, 0.25) is 5.91 Å². The first kappa shape index (κ1) is 22.9. The Balaban J connectivity index is 0.00000280. The number of nitrogens with one attached hydrogen (secondary N) is 3. The van der Waals surface area contributed by atoms with E-state index >= 15 is 0 Å². The summed E-state index contributed by atoms with van der Waals surface area (Å²) in [6, 6.07) is 10.2. The highest BCUT2D eigenvalue weighted by Crippen LogP contribution is 2.47. The molecule has 1 aromatic carbocycles. The summed E-state index contributed by atoms with van der Waals surface area (Å²) in [4.78, 5) is 16.2. The second-order valence-electron chi connectivity index (χ2n) is 7.42. The molecule has 1 aliphatic heterocycles. The summed E-state index contributed by atoms with van der Waals surface area (Å²) in [7, 11) is -1.27. The topological polar surface area (TPSA) is 99.7 Å². The van der Waals surface area contributed by atoms with E-state index in [-0.39, 0.29) is 59.3 Å². The zero-order chi connectivity index (χ0) is 19.3. The van der Waals surface area contributed by atoms with Crippen molar-refractivity contribution in [2.45, 2.75) is 37.1 Å². The molecule has 0 spiro atoms. The van der Waals surface area contributed by atoms with Crippen LogP contribution >= 0.6 is 24.0 Å². The zero-order valence-electron chi connectivity index (χ0n) is 16.1. The van der Waals surface area contributed by atoms with E-state index in [1.54, 1.807) is 7.05 Å². The van der Waals surface area contributed by atoms with E-state index in [2.05, 4.69) is 45.2 Å². The van der Waals surface area contributed by atoms with Gasteiger partial charge in [-0.25, -0.2) is 8.42 Å². The first-order valence-electron chi connectivity index (χ1n) is 9.42. The monoisotopic (exact) mass is 520 g/mol. The second kappa shape index (κ2) is 9.91. The predicted molar refractivity (Wildman–Crippen MR) is 122 cm³/mol. The fourth-order valence-electron chi connectivity index (χ4n) is 3.49. The number of benzene rings is 1. The van der Waals surface area contributed by atoms with Gasteiger partial charge in [-0.1, -0.05) is 30.3 Å². The molecule has 1 aliphatic carbocycles. The minimum Gasteiger partial charge on any atom is -0.356 e. The molecule has 1 heterocycles. The Labute approximate surface area is 184 Å². The van der Waals surface area contributed by atoms with Gasteiger partial charge in [-0.2, -0.15) is 0 Å². The maximum Gasteiger partial charge on any atom is 0.222 e. The third-order valence-electron chi connectivity index (χ3n) is 5.30. The molecule has 3 N–H and O–H groups in total. The van der Waals surface area contributed by atoms with Gasteiger partial charge in [0.05, 0.1) is 11.5 Å². The minimum atomic E-state index is -2.98. The molecule has 2 aliphatic rings. The lowest BCUT2D eigenvalue weighted by molar-refractivity contribution is -0.121. The summed E-state index contributed by atoms with van der Waals surface area (Å²) in [6.07, 6.45) is 3.11. The molecule has 3 rings (SSSR count). The van der Waals surface area contributed by atoms with Crippen molar-refractivity contribution in [2.24, 2.45) is 4.99 Å². The van der Waals surface area contributed by atoms with Gasteiger partial charge in [-0.05, 0) is 24.8 Å². The molecule has 1 saturated carbocycles. The Kier molecular flexibility index (Phi) is 8.11. The second-order valence-corrected chi connectivity index (χ2v) is 9.65. The Bertz CT molecular complexity index is 795. The maximum atomic E-state index is 12.0. The molecule has 1 saturated heterocycles. The molecule has 9 heteroatoms. The van der Waals surface area contributed by atoms with E-state index in [0.717, 1.165) is 19.4 Å². The van der Waals surface area contributed by atoms with Crippen molar-refractivity contribution in [3.8, 4) is 0 Å². The Morgan fingerprint density at radius 3 is 2.50 bits per heavy atom. The first-order chi connectivity index (χ1) is 12.9. The van der Waals surface area contributed by atoms with E-state index < -0.39 is 9.84 Å². The van der Waals surface area contributed by atoms with Gasteiger partial charge in [0, 0.05) is 38.0 Å². The number of carbonyl (C=O) groups is 1. The van der Waals surface area contributed by atoms with Crippen molar-refractivity contribution >= 4 is 45.7 Å². The highest BCUT2D eigenvalue weighted by Gasteiger charge is 2.44. The van der Waals surface area contributed by atoms with E-state index in [4.69, 9.17) is 0 Å². The minimum absolute atomic E-state index is 0. The molecular formula is C19H29IN4O3S. The van der Waals surface area contributed by atoms with Crippen LogP contribution in [0.4, 0.5) is 0 Å². The number of guanidine groups is 1. The summed E-state index contributed by atoms with van der Waals surface area (Å²) >= 11 is 0. The number of halogens is 1. The molecule has 1 unspecified atom stereocenters. The average Bonchev–Trinajstić information content (AvgIpc) is 3.37. The molecule has 7 nitrogen and oxygen atoms in total. The Morgan fingerprint density at radius 2 is 1.93 bits per heavy atom. The van der Waals surface area contributed by atoms with Crippen LogP contribution in [0.25, 0.3) is 0 Å². The molecule has 1 aromatic rings. The normalized spacial score (nSPS) is 22.0. The van der Waals surface area contributed by atoms with Crippen LogP contribution in [0.5, 0.6) is 0 Å². The molecule has 2 fully saturated rings. The van der Waals surface area contributed by atoms with Gasteiger partial charge in [0.25, 0.3) is 0 Å². The highest BCUT2D eigenvalue weighted by atomic mass is 127. The summed E-state index contributed by atoms with van der Waals surface area (Å²) in [5.41, 5.74) is 1.53. The lowest BCUT2D eigenvalue weighted by Crippen LogP contribution is -2.43. The Hall–Kier alpha value is -1.36. The van der Waals surface area contributed by atoms with Crippen molar-refractivity contribution < 1.29 is 13.2 Å². The number of nitrogens with zero attached hydrogens (tertiary/aromatic N) is 1. The lowest BCUT2D eigenvalue weighted by atomic mass is 9.96. The molecule has 0 bridgehead atoms. The summed E-state index contributed by atoms with van der Waals surface area (Å²) in [6.45, 7) is 1.26. The van der Waals surface area contributed by atoms with Gasteiger partial charge in [-0.15, -0.1) is 24.0 Å². The van der Waals surface area contributed by atoms with Crippen molar-refractivity contribution in [1.29, 1.82) is 0 Å². The van der Waals surface area contributed by atoms with E-state index in [9.17, 15) is 13.2 Å². The van der Waals surface area contributed by atoms with Crippen LogP contribution in [0, 0.1) is 0 Å². The summed E-state index contributed by atoms with van der Waals surface area (Å²) in [5, 5.41) is 9.30. The van der Waals surface area contributed by atoms with E-state index in [1.165, 1.54) is 5.56 Å². The number of amides is 1. The largest absolute Gasteiger partial charge is 0.356 e. The van der Waals surface area contributed by atoms with Crippen molar-refractivity contribution in [1.82, 2.24) is 16.0 Å². The molecule has 0 aromatic heterocycles. The van der Waals surface area contributed by atoms with Crippen molar-refractivity contribution in [3.63, 3.8) is 0 Å². The number of rotatable bonds is 7. The third-order valence-corrected chi connectivity index (χ3v) is 7.07. The molecule has 156 valence electrons. The molecular weight excluding hydrogens is 491 g/mol. The number of aliphatic imine (C=N–C) groups is 1. The van der Waals surface area contributed by atoms with Gasteiger partial charge in [-0.3, -0.25) is 9.79 Å². The fraction of sp³-hybridized carbons (Fsp3) is 0.579. The van der Waals surface area contributed by atoms with Crippen LogP contribution in [0.2, 0.25) is 0 Å². The average molecular weight is 520 g/mol. The van der Waals surface area contributed by atoms with Crippen molar-refractivity contribution in [2.75, 3.05) is 31.6 Å². The fourth-order valence-corrected chi connectivity index (χ4v) is 5.16. The molecule has 1 atom stereocenters. The zero-order valence-corrected chi connectivity index (χ0v) is 19.3. The van der Waals surface area contributed by atoms with Crippen LogP contribution in [-0.4, -0.2) is 58.0 Å². The Morgan fingerprint density at radius 1 is 1.21 bits per heavy atom. The van der Waals surface area contributed by atoms with Gasteiger partial charge >= 0.3 is 0 Å². The number of hydrogen-bond acceptors (Lipinski definition) is 4. The number of hydrogen-bond donors (Lipinski definition) is 3. The number of carbonyl (C=O) groups excluding carboxylic acids is 1. The molecule has 1 amide bonds. The third kappa shape index (κ3) is 6.33. The maximum absolute atomic E-state index is 12.0. The lowest BCUT2D eigenvalue weighted by Gasteiger charge is -2.19. The molecule has 28 heavy (non-hydrogen) atoms. The van der Waals surface area contributed by atoms with Crippen LogP contribution in [0.15, 0.2) is 35.3 Å². The van der Waals surface area contributed by atoms with Crippen LogP contribution in [-0.2, 0) is 20.0 Å². The number of sulfone groups is 1. The van der Waals surface area contributed by atoms with Crippen LogP contribution in [0.1, 0.15) is 31.2 Å². The standard InChI is InChI=1S/C19H28N4O3S.HI/c1-20-18(22-14-19(9-10-19)15-5-3-2-4-6-15)21-11-7-17(24)23-16-8-12-27(25,26)13-16;/h2-6,16H,7-14H2,1H3,(H,23,24)(H2,20,21,22);1H. The van der Waals surface area contributed by atoms with Crippen molar-refractivity contribution in [3.05, 3.63) is 35.9 Å². The van der Waals surface area contributed by atoms with Gasteiger partial charge in [0.1, 0.15) is 0 Å². The SMILES string of the molecule is CN=C(NCCC(=O)NC1CCS(=O)(=O)C1)NCC1(c2ccccc2)CC1.I. The quantitative estimate of drug-likeness (QED) is 0.285. The summed E-state index contributed by atoms with van der Waals surface area (Å²) < 4.78 is 22.9. The van der Waals surface area contributed by atoms with Crippen LogP contribution in [0.3, 0.4) is 0 Å². The highest BCUT2D eigenvalue weighted by molar-refractivity contribution is 14.0. The first-order valence-corrected chi connectivity index (χ1v) is 11.2. The van der Waals surface area contributed by atoms with Crippen LogP contribution < -0.4 is 16.0 Å². The smallest absolute Gasteiger partial charge is 0.222 e. The molecule has 0 radical (unpaired) electrons. The van der Waals surface area contributed by atoms with Gasteiger partial charge in [0.15, 0.2) is 15.8 Å². The van der Waals surface area contributed by atoms with E-state index in [0.29, 0.717) is 18.9 Å². The van der Waals surface area contributed by atoms with E-state index in [1.807, 2.05) is 6.07 Å². The van der Waals surface area contributed by atoms with Gasteiger partial charge < -0.3 is 16.0 Å². The summed E-state index contributed by atoms with van der Waals surface area (Å²) in [5.74, 6) is 0.754. The predicted octanol–water partition coefficient (Wildman–Crippen LogP) is 1.19.